The van der Waals surface area contributed by atoms with Gasteiger partial charge in [0, 0.05) is 44.7 Å². The number of benzene rings is 1. The zero-order valence-electron chi connectivity index (χ0n) is 17.3. The highest BCUT2D eigenvalue weighted by atomic mass is 19.1. The minimum Gasteiger partial charge on any atom is -0.340 e. The van der Waals surface area contributed by atoms with E-state index in [2.05, 4.69) is 4.90 Å². The van der Waals surface area contributed by atoms with Gasteiger partial charge in [-0.1, -0.05) is 18.2 Å². The molecule has 1 aromatic rings. The van der Waals surface area contributed by atoms with E-state index in [-0.39, 0.29) is 17.8 Å². The molecule has 1 aliphatic heterocycles. The van der Waals surface area contributed by atoms with Crippen molar-refractivity contribution in [2.24, 2.45) is 29.4 Å². The first-order valence-electron chi connectivity index (χ1n) is 11.6. The lowest BCUT2D eigenvalue weighted by Crippen LogP contribution is -2.60. The number of halogens is 1. The molecule has 1 saturated heterocycles. The second-order valence-electron chi connectivity index (χ2n) is 10.1. The van der Waals surface area contributed by atoms with Gasteiger partial charge in [-0.25, -0.2) is 4.39 Å². The van der Waals surface area contributed by atoms with Gasteiger partial charge in [0.05, 0.1) is 0 Å². The third kappa shape index (κ3) is 3.96. The van der Waals surface area contributed by atoms with Gasteiger partial charge in [0.15, 0.2) is 0 Å². The van der Waals surface area contributed by atoms with Crippen LogP contribution in [0.1, 0.15) is 44.1 Å². The Balaban J connectivity index is 1.12. The van der Waals surface area contributed by atoms with Gasteiger partial charge in [0.2, 0.25) is 5.91 Å². The van der Waals surface area contributed by atoms with Gasteiger partial charge in [-0.05, 0) is 73.8 Å². The maximum absolute atomic E-state index is 13.8. The molecule has 5 fully saturated rings. The molecule has 29 heavy (non-hydrogen) atoms. The molecule has 1 atom stereocenters. The molecule has 0 aromatic heterocycles. The van der Waals surface area contributed by atoms with Gasteiger partial charge < -0.3 is 10.6 Å². The Morgan fingerprint density at radius 1 is 1.00 bits per heavy atom. The third-order valence-electron chi connectivity index (χ3n) is 8.14. The summed E-state index contributed by atoms with van der Waals surface area (Å²) in [7, 11) is 0. The van der Waals surface area contributed by atoms with Crippen LogP contribution in [0.2, 0.25) is 0 Å². The number of nitrogens with zero attached hydrogens (tertiary/aromatic N) is 2. The standard InChI is InChI=1S/C24H34FN3O/c25-22-4-2-1-3-18(22)14-21(26)15-23(29)27-5-7-28(8-6-27)24-19-10-16-9-17(12-19)13-20(24)11-16/h1-4,16-17,19-21,24H,5-15,26H2/t16?,17?,19?,20?,21-,24?/m1/s1. The lowest BCUT2D eigenvalue weighted by Gasteiger charge is -2.58. The fourth-order valence-corrected chi connectivity index (χ4v) is 7.13. The van der Waals surface area contributed by atoms with Crippen LogP contribution in [0.4, 0.5) is 4.39 Å². The molecule has 5 heteroatoms. The normalized spacial score (nSPS) is 35.1. The van der Waals surface area contributed by atoms with Crippen LogP contribution in [0.25, 0.3) is 0 Å². The molecule has 0 radical (unpaired) electrons. The number of carbonyl (C=O) groups is 1. The number of hydrogen-bond acceptors (Lipinski definition) is 3. The summed E-state index contributed by atoms with van der Waals surface area (Å²) in [4.78, 5) is 17.4. The molecule has 1 aromatic carbocycles. The molecule has 0 unspecified atom stereocenters. The lowest BCUT2D eigenvalue weighted by atomic mass is 9.54. The summed E-state index contributed by atoms with van der Waals surface area (Å²) >= 11 is 0. The zero-order valence-corrected chi connectivity index (χ0v) is 17.3. The summed E-state index contributed by atoms with van der Waals surface area (Å²) in [5.41, 5.74) is 6.78. The SMILES string of the molecule is N[C@@H](CC(=O)N1CCN(C2C3CC4CC(C3)CC2C4)CC1)Cc1ccccc1F. The summed E-state index contributed by atoms with van der Waals surface area (Å²) in [5.74, 6) is 3.71. The predicted molar refractivity (Wildman–Crippen MR) is 112 cm³/mol. The Labute approximate surface area is 173 Å². The Morgan fingerprint density at radius 3 is 2.24 bits per heavy atom. The molecule has 6 rings (SSSR count). The molecule has 2 N–H and O–H groups in total. The monoisotopic (exact) mass is 399 g/mol. The van der Waals surface area contributed by atoms with Crippen molar-refractivity contribution in [1.82, 2.24) is 9.80 Å². The van der Waals surface area contributed by atoms with Gasteiger partial charge in [-0.3, -0.25) is 9.69 Å². The molecule has 5 aliphatic rings. The van der Waals surface area contributed by atoms with Crippen LogP contribution in [0.3, 0.4) is 0 Å². The topological polar surface area (TPSA) is 49.6 Å². The van der Waals surface area contributed by atoms with Gasteiger partial charge in [-0.15, -0.1) is 0 Å². The average Bonchev–Trinajstić information content (AvgIpc) is 2.69. The fraction of sp³-hybridized carbons (Fsp3) is 0.708. The molecule has 4 saturated carbocycles. The van der Waals surface area contributed by atoms with Crippen LogP contribution >= 0.6 is 0 Å². The Bertz CT molecular complexity index is 717. The van der Waals surface area contributed by atoms with E-state index in [1.54, 1.807) is 12.1 Å². The molecule has 1 amide bonds. The summed E-state index contributed by atoms with van der Waals surface area (Å²) in [6.45, 7) is 3.63. The van der Waals surface area contributed by atoms with Crippen molar-refractivity contribution in [2.75, 3.05) is 26.2 Å². The van der Waals surface area contributed by atoms with Crippen LogP contribution in [0.5, 0.6) is 0 Å². The van der Waals surface area contributed by atoms with Crippen molar-refractivity contribution in [3.8, 4) is 0 Å². The second-order valence-corrected chi connectivity index (χ2v) is 10.1. The number of piperazine rings is 1. The van der Waals surface area contributed by atoms with E-state index in [9.17, 15) is 9.18 Å². The van der Waals surface area contributed by atoms with Gasteiger partial charge in [0.25, 0.3) is 0 Å². The van der Waals surface area contributed by atoms with E-state index < -0.39 is 0 Å². The van der Waals surface area contributed by atoms with Gasteiger partial charge in [-0.2, -0.15) is 0 Å². The molecule has 4 bridgehead atoms. The predicted octanol–water partition coefficient (Wildman–Crippen LogP) is 3.05. The van der Waals surface area contributed by atoms with E-state index in [1.165, 1.54) is 38.2 Å². The maximum Gasteiger partial charge on any atom is 0.224 e. The highest BCUT2D eigenvalue weighted by Gasteiger charge is 2.50. The van der Waals surface area contributed by atoms with Crippen LogP contribution in [-0.2, 0) is 11.2 Å². The molecular formula is C24H34FN3O. The first-order valence-corrected chi connectivity index (χ1v) is 11.6. The fourth-order valence-electron chi connectivity index (χ4n) is 7.13. The van der Waals surface area contributed by atoms with Crippen molar-refractivity contribution >= 4 is 5.91 Å². The molecule has 1 heterocycles. The van der Waals surface area contributed by atoms with Gasteiger partial charge in [0.1, 0.15) is 5.82 Å². The Hall–Kier alpha value is -1.46. The highest BCUT2D eigenvalue weighted by Crippen LogP contribution is 2.55. The van der Waals surface area contributed by atoms with E-state index >= 15 is 0 Å². The van der Waals surface area contributed by atoms with Crippen molar-refractivity contribution < 1.29 is 9.18 Å². The first-order chi connectivity index (χ1) is 14.1. The number of amides is 1. The van der Waals surface area contributed by atoms with Crippen molar-refractivity contribution in [1.29, 1.82) is 0 Å². The number of rotatable bonds is 5. The summed E-state index contributed by atoms with van der Waals surface area (Å²) in [5, 5.41) is 0. The van der Waals surface area contributed by atoms with E-state index in [4.69, 9.17) is 5.73 Å². The van der Waals surface area contributed by atoms with Crippen molar-refractivity contribution in [3.05, 3.63) is 35.6 Å². The molecule has 4 aliphatic carbocycles. The van der Waals surface area contributed by atoms with Crippen LogP contribution in [0.15, 0.2) is 24.3 Å². The highest BCUT2D eigenvalue weighted by molar-refractivity contribution is 5.77. The largest absolute Gasteiger partial charge is 0.340 e. The summed E-state index contributed by atoms with van der Waals surface area (Å²) < 4.78 is 13.8. The third-order valence-corrected chi connectivity index (χ3v) is 8.14. The van der Waals surface area contributed by atoms with Crippen molar-refractivity contribution in [2.45, 2.75) is 57.0 Å². The number of nitrogens with two attached hydrogens (primary N) is 1. The number of hydrogen-bond donors (Lipinski definition) is 1. The molecule has 158 valence electrons. The van der Waals surface area contributed by atoms with E-state index in [0.717, 1.165) is 55.9 Å². The number of carbonyl (C=O) groups excluding carboxylic acids is 1. The quantitative estimate of drug-likeness (QED) is 0.828. The molecular weight excluding hydrogens is 365 g/mol. The molecule has 0 spiro atoms. The molecule has 4 nitrogen and oxygen atoms in total. The van der Waals surface area contributed by atoms with E-state index in [1.807, 2.05) is 11.0 Å². The first kappa shape index (κ1) is 19.5. The summed E-state index contributed by atoms with van der Waals surface area (Å²) in [6, 6.07) is 7.14. The minimum atomic E-state index is -0.332. The van der Waals surface area contributed by atoms with Crippen LogP contribution < -0.4 is 5.73 Å². The van der Waals surface area contributed by atoms with Gasteiger partial charge >= 0.3 is 0 Å². The Kier molecular flexibility index (Phi) is 5.37. The van der Waals surface area contributed by atoms with Crippen LogP contribution in [0, 0.1) is 29.5 Å². The smallest absolute Gasteiger partial charge is 0.224 e. The minimum absolute atomic E-state index is 0.124. The van der Waals surface area contributed by atoms with Crippen LogP contribution in [-0.4, -0.2) is 54.0 Å². The maximum atomic E-state index is 13.8. The zero-order chi connectivity index (χ0) is 20.0. The lowest BCUT2D eigenvalue weighted by molar-refractivity contribution is -0.135. The second kappa shape index (κ2) is 7.99. The summed E-state index contributed by atoms with van der Waals surface area (Å²) in [6.07, 6.45) is 7.99. The van der Waals surface area contributed by atoms with E-state index in [0.29, 0.717) is 18.4 Å². The average molecular weight is 400 g/mol. The van der Waals surface area contributed by atoms with Crippen molar-refractivity contribution in [3.63, 3.8) is 0 Å². The Morgan fingerprint density at radius 2 is 1.62 bits per heavy atom.